The van der Waals surface area contributed by atoms with Crippen LogP contribution < -0.4 is 5.11 Å². The van der Waals surface area contributed by atoms with Crippen molar-refractivity contribution in [1.82, 2.24) is 4.98 Å². The van der Waals surface area contributed by atoms with Crippen molar-refractivity contribution in [2.24, 2.45) is 0 Å². The van der Waals surface area contributed by atoms with E-state index >= 15 is 0 Å². The second-order valence-corrected chi connectivity index (χ2v) is 5.77. The number of non-ortho nitro benzene ring substituents is 1. The van der Waals surface area contributed by atoms with E-state index in [4.69, 9.17) is 0 Å². The molecule has 0 saturated carbocycles. The highest BCUT2D eigenvalue weighted by Gasteiger charge is 2.09. The molecule has 0 bridgehead atoms. The summed E-state index contributed by atoms with van der Waals surface area (Å²) >= 11 is 1.35. The van der Waals surface area contributed by atoms with Crippen LogP contribution in [-0.2, 0) is 0 Å². The number of nitro benzene ring substituents is 1. The van der Waals surface area contributed by atoms with Gasteiger partial charge < -0.3 is 9.90 Å². The number of fused-ring (bicyclic) bond motifs is 1. The van der Waals surface area contributed by atoms with Crippen LogP contribution in [0, 0.1) is 10.1 Å². The zero-order valence-electron chi connectivity index (χ0n) is 11.6. The van der Waals surface area contributed by atoms with Gasteiger partial charge in [0, 0.05) is 12.1 Å². The number of carboxylic acids is 1. The fraction of sp³-hybridized carbons (Fsp3) is 0. The number of carbonyl (C=O) groups is 1. The maximum Gasteiger partial charge on any atom is 0.270 e. The van der Waals surface area contributed by atoms with E-state index in [1.807, 2.05) is 0 Å². The standard InChI is InChI=1S/C16H10N2O4S/c19-16(20)11-4-1-10(2-5-11)3-8-15-17-13-7-6-12(18(21)22)9-14(13)23-15/h1-9H,(H,19,20)/p-1/b8-3+. The zero-order chi connectivity index (χ0) is 16.4. The molecular formula is C16H9N2O4S-. The summed E-state index contributed by atoms with van der Waals surface area (Å²) in [7, 11) is 0. The summed E-state index contributed by atoms with van der Waals surface area (Å²) < 4.78 is 0.742. The number of nitro groups is 1. The molecule has 114 valence electrons. The van der Waals surface area contributed by atoms with E-state index in [9.17, 15) is 20.0 Å². The minimum absolute atomic E-state index is 0.0366. The van der Waals surface area contributed by atoms with Crippen LogP contribution in [0.4, 0.5) is 5.69 Å². The van der Waals surface area contributed by atoms with Gasteiger partial charge in [0.15, 0.2) is 0 Å². The Morgan fingerprint density at radius 3 is 2.52 bits per heavy atom. The van der Waals surface area contributed by atoms with Crippen molar-refractivity contribution in [1.29, 1.82) is 0 Å². The van der Waals surface area contributed by atoms with Gasteiger partial charge in [-0.2, -0.15) is 0 Å². The molecule has 0 N–H and O–H groups in total. The monoisotopic (exact) mass is 325 g/mol. The van der Waals surface area contributed by atoms with E-state index in [2.05, 4.69) is 4.98 Å². The van der Waals surface area contributed by atoms with Crippen LogP contribution in [0.3, 0.4) is 0 Å². The fourth-order valence-electron chi connectivity index (χ4n) is 2.01. The lowest BCUT2D eigenvalue weighted by Gasteiger charge is -2.01. The van der Waals surface area contributed by atoms with Crippen molar-refractivity contribution >= 4 is 45.4 Å². The first kappa shape index (κ1) is 14.9. The van der Waals surface area contributed by atoms with Gasteiger partial charge in [0.05, 0.1) is 21.1 Å². The Morgan fingerprint density at radius 2 is 1.87 bits per heavy atom. The van der Waals surface area contributed by atoms with E-state index in [0.29, 0.717) is 10.5 Å². The first-order chi connectivity index (χ1) is 11.0. The molecule has 0 amide bonds. The van der Waals surface area contributed by atoms with Gasteiger partial charge >= 0.3 is 0 Å². The van der Waals surface area contributed by atoms with Gasteiger partial charge in [-0.25, -0.2) is 4.98 Å². The van der Waals surface area contributed by atoms with E-state index in [-0.39, 0.29) is 11.3 Å². The van der Waals surface area contributed by atoms with Gasteiger partial charge in [-0.3, -0.25) is 10.1 Å². The molecule has 0 fully saturated rings. The molecule has 1 aromatic heterocycles. The summed E-state index contributed by atoms with van der Waals surface area (Å²) in [6.45, 7) is 0. The summed E-state index contributed by atoms with van der Waals surface area (Å²) in [5.41, 5.74) is 1.68. The van der Waals surface area contributed by atoms with Crippen molar-refractivity contribution in [3.8, 4) is 0 Å². The molecule has 0 atom stereocenters. The molecule has 0 unspecified atom stereocenters. The minimum atomic E-state index is -1.21. The first-order valence-electron chi connectivity index (χ1n) is 6.57. The smallest absolute Gasteiger partial charge is 0.270 e. The molecule has 0 aliphatic heterocycles. The topological polar surface area (TPSA) is 96.2 Å². The Morgan fingerprint density at radius 1 is 1.13 bits per heavy atom. The van der Waals surface area contributed by atoms with Crippen LogP contribution in [0.2, 0.25) is 0 Å². The summed E-state index contributed by atoms with van der Waals surface area (Å²) in [5.74, 6) is -1.21. The summed E-state index contributed by atoms with van der Waals surface area (Å²) in [6, 6.07) is 10.8. The maximum absolute atomic E-state index is 10.8. The van der Waals surface area contributed by atoms with Crippen molar-refractivity contribution in [3.63, 3.8) is 0 Å². The molecule has 6 nitrogen and oxygen atoms in total. The Labute approximate surface area is 134 Å². The number of benzene rings is 2. The molecule has 1 heterocycles. The summed E-state index contributed by atoms with van der Waals surface area (Å²) in [4.78, 5) is 25.4. The number of aromatic carboxylic acids is 1. The van der Waals surface area contributed by atoms with E-state index < -0.39 is 10.9 Å². The van der Waals surface area contributed by atoms with Gasteiger partial charge in [-0.15, -0.1) is 11.3 Å². The molecule has 23 heavy (non-hydrogen) atoms. The van der Waals surface area contributed by atoms with Gasteiger partial charge in [0.25, 0.3) is 5.69 Å². The number of aromatic nitrogens is 1. The highest BCUT2D eigenvalue weighted by molar-refractivity contribution is 7.19. The minimum Gasteiger partial charge on any atom is -0.545 e. The largest absolute Gasteiger partial charge is 0.545 e. The van der Waals surface area contributed by atoms with Gasteiger partial charge in [-0.05, 0) is 23.3 Å². The number of carbonyl (C=O) groups excluding carboxylic acids is 1. The third kappa shape index (κ3) is 3.24. The van der Waals surface area contributed by atoms with Gasteiger partial charge in [-0.1, -0.05) is 30.3 Å². The van der Waals surface area contributed by atoms with Crippen LogP contribution in [0.25, 0.3) is 22.4 Å². The third-order valence-corrected chi connectivity index (χ3v) is 4.15. The Bertz CT molecular complexity index is 929. The Balaban J connectivity index is 1.85. The lowest BCUT2D eigenvalue weighted by Crippen LogP contribution is -2.21. The molecule has 2 aromatic carbocycles. The SMILES string of the molecule is O=C([O-])c1ccc(/C=C/c2nc3ccc([N+](=O)[O-])cc3s2)cc1. The van der Waals surface area contributed by atoms with Crippen LogP contribution >= 0.6 is 11.3 Å². The van der Waals surface area contributed by atoms with E-state index in [1.54, 1.807) is 30.4 Å². The molecule has 3 aromatic rings. The number of thiazole rings is 1. The third-order valence-electron chi connectivity index (χ3n) is 3.16. The van der Waals surface area contributed by atoms with E-state index in [1.165, 1.54) is 35.6 Å². The normalized spacial score (nSPS) is 11.1. The summed E-state index contributed by atoms with van der Waals surface area (Å²) in [6.07, 6.45) is 3.58. The fourth-order valence-corrected chi connectivity index (χ4v) is 2.92. The zero-order valence-corrected chi connectivity index (χ0v) is 12.4. The molecule has 7 heteroatoms. The molecule has 0 radical (unpaired) electrons. The second-order valence-electron chi connectivity index (χ2n) is 4.70. The number of nitrogens with zero attached hydrogens (tertiary/aromatic N) is 2. The van der Waals surface area contributed by atoms with Crippen LogP contribution in [0.15, 0.2) is 42.5 Å². The van der Waals surface area contributed by atoms with Crippen LogP contribution in [-0.4, -0.2) is 15.9 Å². The van der Waals surface area contributed by atoms with Crippen LogP contribution in [0.1, 0.15) is 20.9 Å². The van der Waals surface area contributed by atoms with Crippen molar-refractivity contribution < 1.29 is 14.8 Å². The average Bonchev–Trinajstić information content (AvgIpc) is 2.95. The molecular weight excluding hydrogens is 316 g/mol. The highest BCUT2D eigenvalue weighted by atomic mass is 32.1. The average molecular weight is 325 g/mol. The maximum atomic E-state index is 10.8. The molecule has 3 rings (SSSR count). The molecule has 0 saturated heterocycles. The van der Waals surface area contributed by atoms with Gasteiger partial charge in [0.2, 0.25) is 0 Å². The predicted octanol–water partition coefficient (Wildman–Crippen LogP) is 2.74. The first-order valence-corrected chi connectivity index (χ1v) is 7.39. The lowest BCUT2D eigenvalue weighted by atomic mass is 10.1. The number of rotatable bonds is 4. The number of carboxylic acid groups (broad SMARTS) is 1. The van der Waals surface area contributed by atoms with Crippen molar-refractivity contribution in [2.75, 3.05) is 0 Å². The number of hydrogen-bond acceptors (Lipinski definition) is 6. The molecule has 0 aliphatic carbocycles. The van der Waals surface area contributed by atoms with E-state index in [0.717, 1.165) is 10.3 Å². The van der Waals surface area contributed by atoms with Crippen molar-refractivity contribution in [3.05, 3.63) is 68.7 Å². The Hall–Kier alpha value is -3.06. The lowest BCUT2D eigenvalue weighted by molar-refractivity contribution is -0.384. The number of hydrogen-bond donors (Lipinski definition) is 0. The highest BCUT2D eigenvalue weighted by Crippen LogP contribution is 2.27. The molecule has 0 spiro atoms. The predicted molar refractivity (Wildman–Crippen MR) is 86.0 cm³/mol. The van der Waals surface area contributed by atoms with Crippen LogP contribution in [0.5, 0.6) is 0 Å². The summed E-state index contributed by atoms with van der Waals surface area (Å²) in [5, 5.41) is 22.2. The van der Waals surface area contributed by atoms with Gasteiger partial charge in [0.1, 0.15) is 5.01 Å². The Kier molecular flexibility index (Phi) is 3.86. The molecule has 0 aliphatic rings. The quantitative estimate of drug-likeness (QED) is 0.543. The second kappa shape index (κ2) is 5.98. The van der Waals surface area contributed by atoms with Crippen molar-refractivity contribution in [2.45, 2.75) is 0 Å².